The summed E-state index contributed by atoms with van der Waals surface area (Å²) >= 11 is 6.07. The summed E-state index contributed by atoms with van der Waals surface area (Å²) in [7, 11) is 0. The molecule has 0 saturated heterocycles. The molecule has 1 fully saturated rings. The van der Waals surface area contributed by atoms with Crippen molar-refractivity contribution < 1.29 is 19.5 Å². The number of carboxylic acid groups (broad SMARTS) is 1. The number of aliphatic carboxylic acids is 1. The van der Waals surface area contributed by atoms with Crippen LogP contribution in [0.1, 0.15) is 47.0 Å². The van der Waals surface area contributed by atoms with Crippen LogP contribution in [0, 0.1) is 6.92 Å². The Kier molecular flexibility index (Phi) is 5.97. The molecule has 0 spiro atoms. The SMILES string of the molecule is Cc1noc(-c2ccc(-c3ccc(C4(C(=O)O)CC4)cc3)cc2)c1C(O)c1cn(Cc2cccc(Cl)c2)[n-]1. The molecule has 192 valence electrons. The van der Waals surface area contributed by atoms with E-state index in [1.165, 1.54) is 0 Å². The Bertz CT molecular complexity index is 1600. The molecule has 38 heavy (non-hydrogen) atoms. The summed E-state index contributed by atoms with van der Waals surface area (Å²) in [5.74, 6) is -0.257. The first-order valence-electron chi connectivity index (χ1n) is 12.4. The highest BCUT2D eigenvalue weighted by atomic mass is 35.5. The van der Waals surface area contributed by atoms with Gasteiger partial charge in [-0.15, -0.1) is 0 Å². The Morgan fingerprint density at radius 2 is 1.71 bits per heavy atom. The molecule has 2 aromatic heterocycles. The average Bonchev–Trinajstić information content (AvgIpc) is 3.62. The number of hydrogen-bond acceptors (Lipinski definition) is 4. The number of aliphatic hydroxyl groups excluding tert-OH is 1. The van der Waals surface area contributed by atoms with Crippen LogP contribution in [-0.2, 0) is 16.8 Å². The molecule has 0 bridgehead atoms. The number of aliphatic hydroxyl groups is 1. The lowest BCUT2D eigenvalue weighted by atomic mass is 9.93. The smallest absolute Gasteiger partial charge is 0.314 e. The monoisotopic (exact) mass is 526 g/mol. The van der Waals surface area contributed by atoms with Gasteiger partial charge >= 0.3 is 5.97 Å². The molecule has 2 heterocycles. The molecule has 6 rings (SSSR count). The molecule has 3 aromatic carbocycles. The van der Waals surface area contributed by atoms with Crippen LogP contribution >= 0.6 is 11.6 Å². The van der Waals surface area contributed by atoms with Crippen LogP contribution < -0.4 is 5.10 Å². The maximum absolute atomic E-state index is 11.6. The van der Waals surface area contributed by atoms with Crippen molar-refractivity contribution in [1.82, 2.24) is 14.9 Å². The summed E-state index contributed by atoms with van der Waals surface area (Å²) in [5, 5.41) is 29.9. The topological polar surface area (TPSA) is 103 Å². The number of aromatic nitrogens is 3. The van der Waals surface area contributed by atoms with E-state index in [2.05, 4.69) is 10.3 Å². The molecule has 1 unspecified atom stereocenters. The predicted octanol–water partition coefficient (Wildman–Crippen LogP) is 5.98. The Morgan fingerprint density at radius 3 is 2.32 bits per heavy atom. The second-order valence-electron chi connectivity index (χ2n) is 9.84. The van der Waals surface area contributed by atoms with Crippen LogP contribution in [0.25, 0.3) is 22.5 Å². The van der Waals surface area contributed by atoms with E-state index >= 15 is 0 Å². The van der Waals surface area contributed by atoms with Crippen LogP contribution in [0.4, 0.5) is 0 Å². The molecule has 1 aliphatic carbocycles. The molecule has 5 aromatic rings. The van der Waals surface area contributed by atoms with E-state index in [1.54, 1.807) is 11.6 Å². The average molecular weight is 527 g/mol. The van der Waals surface area contributed by atoms with Gasteiger partial charge in [-0.3, -0.25) is 4.79 Å². The minimum Gasteiger partial charge on any atom is -0.595 e. The summed E-state index contributed by atoms with van der Waals surface area (Å²) in [6, 6.07) is 23.1. The van der Waals surface area contributed by atoms with E-state index < -0.39 is 17.5 Å². The molecule has 1 aliphatic rings. The number of hydrogen-bond donors (Lipinski definition) is 2. The van der Waals surface area contributed by atoms with Crippen molar-refractivity contribution in [3.8, 4) is 22.5 Å². The third-order valence-electron chi connectivity index (χ3n) is 7.30. The van der Waals surface area contributed by atoms with Crippen LogP contribution in [0.3, 0.4) is 0 Å². The maximum atomic E-state index is 11.6. The van der Waals surface area contributed by atoms with Gasteiger partial charge in [0.1, 0.15) is 0 Å². The van der Waals surface area contributed by atoms with Crippen molar-refractivity contribution in [2.24, 2.45) is 0 Å². The lowest BCUT2D eigenvalue weighted by Crippen LogP contribution is -2.20. The third-order valence-corrected chi connectivity index (χ3v) is 7.53. The fraction of sp³-hybridized carbons (Fsp3) is 0.200. The van der Waals surface area contributed by atoms with Crippen LogP contribution in [0.2, 0.25) is 5.02 Å². The zero-order valence-corrected chi connectivity index (χ0v) is 21.4. The van der Waals surface area contributed by atoms with Gasteiger partial charge in [-0.05, 0) is 60.3 Å². The number of rotatable bonds is 8. The minimum atomic E-state index is -0.969. The van der Waals surface area contributed by atoms with Gasteiger partial charge in [0.25, 0.3) is 0 Å². The first-order valence-corrected chi connectivity index (χ1v) is 12.8. The molecule has 0 amide bonds. The first kappa shape index (κ1) is 24.3. The zero-order chi connectivity index (χ0) is 26.4. The number of halogens is 1. The van der Waals surface area contributed by atoms with Crippen molar-refractivity contribution >= 4 is 17.6 Å². The molecule has 8 heteroatoms. The summed E-state index contributed by atoms with van der Waals surface area (Å²) < 4.78 is 7.38. The van der Waals surface area contributed by atoms with E-state index in [1.807, 2.05) is 79.0 Å². The van der Waals surface area contributed by atoms with Gasteiger partial charge < -0.3 is 24.5 Å². The van der Waals surface area contributed by atoms with Crippen molar-refractivity contribution in [1.29, 1.82) is 0 Å². The fourth-order valence-corrected chi connectivity index (χ4v) is 5.14. The number of nitrogens with zero attached hydrogens (tertiary/aromatic N) is 3. The third kappa shape index (κ3) is 4.34. The standard InChI is InChI=1S/C30H25ClN3O4/c1-18-26(27(35)25-17-34(32-25)16-19-3-2-4-24(31)15-19)28(38-33-18)22-7-5-20(6-8-22)21-9-11-23(12-10-21)30(13-14-30)29(36)37/h2-12,15,17,27,35H,13-14,16H2,1H3,(H,36,37)/q-1. The highest BCUT2D eigenvalue weighted by molar-refractivity contribution is 6.30. The molecule has 1 atom stereocenters. The zero-order valence-electron chi connectivity index (χ0n) is 20.6. The molecule has 7 nitrogen and oxygen atoms in total. The number of benzene rings is 3. The van der Waals surface area contributed by atoms with Crippen LogP contribution in [0.5, 0.6) is 0 Å². The van der Waals surface area contributed by atoms with Crippen LogP contribution in [0.15, 0.2) is 83.5 Å². The molecule has 2 N–H and O–H groups in total. The van der Waals surface area contributed by atoms with Gasteiger partial charge in [0.15, 0.2) is 5.76 Å². The lowest BCUT2D eigenvalue weighted by Gasteiger charge is -2.32. The fourth-order valence-electron chi connectivity index (χ4n) is 4.93. The normalized spacial score (nSPS) is 14.9. The van der Waals surface area contributed by atoms with E-state index in [0.717, 1.165) is 27.8 Å². The summed E-state index contributed by atoms with van der Waals surface area (Å²) in [6.45, 7) is 2.36. The first-order chi connectivity index (χ1) is 18.3. The van der Waals surface area contributed by atoms with E-state index in [9.17, 15) is 15.0 Å². The van der Waals surface area contributed by atoms with E-state index in [4.69, 9.17) is 16.1 Å². The molecular formula is C30H25ClN3O4-. The molecule has 0 aliphatic heterocycles. The van der Waals surface area contributed by atoms with Gasteiger partial charge in [-0.1, -0.05) is 83.1 Å². The molecule has 1 saturated carbocycles. The second kappa shape index (κ2) is 9.35. The largest absolute Gasteiger partial charge is 0.595 e. The van der Waals surface area contributed by atoms with Gasteiger partial charge in [0.05, 0.1) is 22.8 Å². The Balaban J connectivity index is 1.19. The molecular weight excluding hydrogens is 502 g/mol. The van der Waals surface area contributed by atoms with Crippen LogP contribution in [-0.4, -0.2) is 26.0 Å². The van der Waals surface area contributed by atoms with Crippen molar-refractivity contribution in [2.75, 3.05) is 0 Å². The van der Waals surface area contributed by atoms with Gasteiger partial charge in [0, 0.05) is 17.1 Å². The lowest BCUT2D eigenvalue weighted by molar-refractivity contribution is -0.140. The minimum absolute atomic E-state index is 0.499. The van der Waals surface area contributed by atoms with Crippen molar-refractivity contribution in [3.05, 3.63) is 112 Å². The van der Waals surface area contributed by atoms with Crippen molar-refractivity contribution in [2.45, 2.75) is 37.8 Å². The van der Waals surface area contributed by atoms with E-state index in [0.29, 0.717) is 47.1 Å². The van der Waals surface area contributed by atoms with Gasteiger partial charge in [0.2, 0.25) is 0 Å². The molecule has 0 radical (unpaired) electrons. The van der Waals surface area contributed by atoms with Gasteiger partial charge in [-0.2, -0.15) is 0 Å². The maximum Gasteiger partial charge on any atom is 0.314 e. The number of carbonyl (C=O) groups is 1. The predicted molar refractivity (Wildman–Crippen MR) is 143 cm³/mol. The number of carboxylic acids is 1. The summed E-state index contributed by atoms with van der Waals surface area (Å²) in [6.07, 6.45) is 2.21. The quantitative estimate of drug-likeness (QED) is 0.258. The highest BCUT2D eigenvalue weighted by Crippen LogP contribution is 2.48. The second-order valence-corrected chi connectivity index (χ2v) is 10.3. The highest BCUT2D eigenvalue weighted by Gasteiger charge is 2.51. The van der Waals surface area contributed by atoms with E-state index in [-0.39, 0.29) is 0 Å². The Morgan fingerprint density at radius 1 is 1.08 bits per heavy atom. The Hall–Kier alpha value is -4.07. The van der Waals surface area contributed by atoms with Gasteiger partial charge in [-0.25, -0.2) is 0 Å². The summed E-state index contributed by atoms with van der Waals surface area (Å²) in [4.78, 5) is 11.6. The number of aryl methyl sites for hydroxylation is 1. The summed E-state index contributed by atoms with van der Waals surface area (Å²) in [5.41, 5.74) is 5.66. The Labute approximate surface area is 224 Å². The van der Waals surface area contributed by atoms with Crippen molar-refractivity contribution in [3.63, 3.8) is 0 Å².